The molecule has 0 aliphatic carbocycles. The van der Waals surface area contributed by atoms with E-state index in [0.717, 1.165) is 16.6 Å². The molecule has 8 heteroatoms. The van der Waals surface area contributed by atoms with E-state index in [1.807, 2.05) is 31.2 Å². The van der Waals surface area contributed by atoms with Gasteiger partial charge in [-0.3, -0.25) is 4.79 Å². The number of H-pyrrole nitrogens is 1. The number of rotatable bonds is 6. The van der Waals surface area contributed by atoms with Crippen molar-refractivity contribution in [3.63, 3.8) is 0 Å². The van der Waals surface area contributed by atoms with E-state index < -0.39 is 0 Å². The van der Waals surface area contributed by atoms with Gasteiger partial charge in [0, 0.05) is 0 Å². The molecule has 0 saturated carbocycles. The third-order valence-corrected chi connectivity index (χ3v) is 5.35. The minimum atomic E-state index is -0.359. The highest BCUT2D eigenvalue weighted by atomic mass is 32.2. The molecule has 6 nitrogen and oxygen atoms in total. The van der Waals surface area contributed by atoms with Gasteiger partial charge < -0.3 is 15.0 Å². The van der Waals surface area contributed by atoms with Gasteiger partial charge in [-0.05, 0) is 37.6 Å². The van der Waals surface area contributed by atoms with Crippen LogP contribution in [0.15, 0.2) is 35.5 Å². The van der Waals surface area contributed by atoms with E-state index in [1.165, 1.54) is 23.1 Å². The van der Waals surface area contributed by atoms with Gasteiger partial charge in [-0.2, -0.15) is 0 Å². The Bertz CT molecular complexity index is 884. The first kappa shape index (κ1) is 17.5. The lowest BCUT2D eigenvalue weighted by Crippen LogP contribution is -2.13. The average molecular weight is 375 g/mol. The number of thiophene rings is 1. The number of benzene rings is 1. The molecule has 0 unspecified atom stereocenters. The first-order chi connectivity index (χ1) is 12.1. The van der Waals surface area contributed by atoms with Gasteiger partial charge in [0.05, 0.1) is 28.4 Å². The Balaban J connectivity index is 1.59. The molecule has 0 spiro atoms. The summed E-state index contributed by atoms with van der Waals surface area (Å²) in [7, 11) is 0. The monoisotopic (exact) mass is 375 g/mol. The second kappa shape index (κ2) is 7.71. The summed E-state index contributed by atoms with van der Waals surface area (Å²) in [6.45, 7) is 3.91. The fourth-order valence-electron chi connectivity index (χ4n) is 2.25. The number of carbonyl (C=O) groups is 2. The lowest BCUT2D eigenvalue weighted by molar-refractivity contribution is -0.113. The fraction of sp³-hybridized carbons (Fsp3) is 0.235. The molecule has 2 aromatic heterocycles. The molecular formula is C17H17N3O3S2. The van der Waals surface area contributed by atoms with Gasteiger partial charge in [0.25, 0.3) is 0 Å². The number of aromatic nitrogens is 2. The van der Waals surface area contributed by atoms with Crippen LogP contribution in [-0.2, 0) is 9.53 Å². The number of hydrogen-bond acceptors (Lipinski definition) is 6. The van der Waals surface area contributed by atoms with Crippen molar-refractivity contribution in [1.82, 2.24) is 9.97 Å². The molecule has 0 radical (unpaired) electrons. The third kappa shape index (κ3) is 4.21. The molecule has 0 saturated heterocycles. The van der Waals surface area contributed by atoms with E-state index in [2.05, 4.69) is 15.3 Å². The maximum Gasteiger partial charge on any atom is 0.348 e. The number of amides is 1. The molecule has 2 heterocycles. The van der Waals surface area contributed by atoms with Crippen LogP contribution in [0.25, 0.3) is 11.0 Å². The van der Waals surface area contributed by atoms with Crippen LogP contribution in [0.2, 0.25) is 0 Å². The SMILES string of the molecule is CCOC(=O)c1sc(NC(=O)CSc2nc3ccccc3[nH]2)cc1C. The van der Waals surface area contributed by atoms with E-state index >= 15 is 0 Å². The molecule has 0 aliphatic heterocycles. The average Bonchev–Trinajstić information content (AvgIpc) is 3.16. The molecule has 3 rings (SSSR count). The largest absolute Gasteiger partial charge is 0.462 e. The second-order valence-electron chi connectivity index (χ2n) is 5.24. The number of fused-ring (bicyclic) bond motifs is 1. The number of hydrogen-bond donors (Lipinski definition) is 2. The van der Waals surface area contributed by atoms with Crippen molar-refractivity contribution in [2.24, 2.45) is 0 Å². The Morgan fingerprint density at radius 3 is 2.92 bits per heavy atom. The quantitative estimate of drug-likeness (QED) is 0.505. The highest BCUT2D eigenvalue weighted by Gasteiger charge is 2.16. The van der Waals surface area contributed by atoms with E-state index in [1.54, 1.807) is 13.0 Å². The number of ether oxygens (including phenoxy) is 1. The molecule has 1 aromatic carbocycles. The summed E-state index contributed by atoms with van der Waals surface area (Å²) in [5.41, 5.74) is 2.61. The number of para-hydroxylation sites is 2. The lowest BCUT2D eigenvalue weighted by atomic mass is 10.3. The molecule has 3 aromatic rings. The van der Waals surface area contributed by atoms with Crippen molar-refractivity contribution in [1.29, 1.82) is 0 Å². The predicted molar refractivity (Wildman–Crippen MR) is 100 cm³/mol. The van der Waals surface area contributed by atoms with Gasteiger partial charge in [0.15, 0.2) is 5.16 Å². The number of imidazole rings is 1. The summed E-state index contributed by atoms with van der Waals surface area (Å²) in [6, 6.07) is 9.49. The zero-order valence-electron chi connectivity index (χ0n) is 13.8. The highest BCUT2D eigenvalue weighted by Crippen LogP contribution is 2.28. The van der Waals surface area contributed by atoms with Crippen LogP contribution in [-0.4, -0.2) is 34.2 Å². The zero-order chi connectivity index (χ0) is 17.8. The zero-order valence-corrected chi connectivity index (χ0v) is 15.4. The standard InChI is InChI=1S/C17H17N3O3S2/c1-3-23-16(22)15-10(2)8-14(25-15)20-13(21)9-24-17-18-11-6-4-5-7-12(11)19-17/h4-8H,3,9H2,1-2H3,(H,18,19)(H,20,21). The van der Waals surface area contributed by atoms with Crippen LogP contribution in [0.3, 0.4) is 0 Å². The van der Waals surface area contributed by atoms with Crippen LogP contribution in [0, 0.1) is 6.92 Å². The van der Waals surface area contributed by atoms with Gasteiger partial charge in [-0.1, -0.05) is 23.9 Å². The summed E-state index contributed by atoms with van der Waals surface area (Å²) in [6.07, 6.45) is 0. The first-order valence-electron chi connectivity index (χ1n) is 7.71. The van der Waals surface area contributed by atoms with Gasteiger partial charge in [0.2, 0.25) is 5.91 Å². The third-order valence-electron chi connectivity index (χ3n) is 3.35. The van der Waals surface area contributed by atoms with Crippen LogP contribution < -0.4 is 5.32 Å². The molecule has 0 atom stereocenters. The van der Waals surface area contributed by atoms with E-state index in [4.69, 9.17) is 4.74 Å². The van der Waals surface area contributed by atoms with Crippen LogP contribution in [0.5, 0.6) is 0 Å². The Morgan fingerprint density at radius 1 is 1.36 bits per heavy atom. The summed E-state index contributed by atoms with van der Waals surface area (Å²) in [5.74, 6) is -0.282. The van der Waals surface area contributed by atoms with Gasteiger partial charge in [0.1, 0.15) is 4.88 Å². The number of carbonyl (C=O) groups excluding carboxylic acids is 2. The number of nitrogens with zero attached hydrogens (tertiary/aromatic N) is 1. The molecule has 130 valence electrons. The molecular weight excluding hydrogens is 358 g/mol. The fourth-order valence-corrected chi connectivity index (χ4v) is 3.92. The maximum absolute atomic E-state index is 12.1. The number of thioether (sulfide) groups is 1. The second-order valence-corrected chi connectivity index (χ2v) is 7.26. The van der Waals surface area contributed by atoms with E-state index in [0.29, 0.717) is 21.6 Å². The minimum absolute atomic E-state index is 0.151. The summed E-state index contributed by atoms with van der Waals surface area (Å²) < 4.78 is 5.00. The Morgan fingerprint density at radius 2 is 2.16 bits per heavy atom. The number of esters is 1. The van der Waals surface area contributed by atoms with Crippen molar-refractivity contribution in [2.75, 3.05) is 17.7 Å². The topological polar surface area (TPSA) is 84.1 Å². The summed E-state index contributed by atoms with van der Waals surface area (Å²) in [4.78, 5) is 32.1. The molecule has 25 heavy (non-hydrogen) atoms. The molecule has 0 fully saturated rings. The summed E-state index contributed by atoms with van der Waals surface area (Å²) in [5, 5.41) is 4.15. The van der Waals surface area contributed by atoms with Crippen LogP contribution in [0.4, 0.5) is 5.00 Å². The molecule has 2 N–H and O–H groups in total. The Labute approximate surface area is 153 Å². The molecule has 0 aliphatic rings. The highest BCUT2D eigenvalue weighted by molar-refractivity contribution is 7.99. The number of aromatic amines is 1. The number of aryl methyl sites for hydroxylation is 1. The van der Waals surface area contributed by atoms with Gasteiger partial charge >= 0.3 is 5.97 Å². The lowest BCUT2D eigenvalue weighted by Gasteiger charge is -2.01. The molecule has 1 amide bonds. The normalized spacial score (nSPS) is 10.8. The van der Waals surface area contributed by atoms with Crippen molar-refractivity contribution in [3.05, 3.63) is 40.8 Å². The van der Waals surface area contributed by atoms with Crippen molar-refractivity contribution in [3.8, 4) is 0 Å². The van der Waals surface area contributed by atoms with Crippen molar-refractivity contribution >= 4 is 51.0 Å². The predicted octanol–water partition coefficient (Wildman–Crippen LogP) is 3.84. The minimum Gasteiger partial charge on any atom is -0.462 e. The van der Waals surface area contributed by atoms with Crippen molar-refractivity contribution in [2.45, 2.75) is 19.0 Å². The Hall–Kier alpha value is -2.32. The maximum atomic E-state index is 12.1. The number of nitrogens with one attached hydrogen (secondary N) is 2. The van der Waals surface area contributed by atoms with E-state index in [9.17, 15) is 9.59 Å². The number of anilines is 1. The Kier molecular flexibility index (Phi) is 5.40. The summed E-state index contributed by atoms with van der Waals surface area (Å²) >= 11 is 2.56. The van der Waals surface area contributed by atoms with Crippen molar-refractivity contribution < 1.29 is 14.3 Å². The van der Waals surface area contributed by atoms with Gasteiger partial charge in [-0.25, -0.2) is 9.78 Å². The molecule has 0 bridgehead atoms. The smallest absolute Gasteiger partial charge is 0.348 e. The first-order valence-corrected chi connectivity index (χ1v) is 9.52. The van der Waals surface area contributed by atoms with Crippen LogP contribution in [0.1, 0.15) is 22.2 Å². The van der Waals surface area contributed by atoms with E-state index in [-0.39, 0.29) is 17.6 Å². The van der Waals surface area contributed by atoms with Crippen LogP contribution >= 0.6 is 23.1 Å². The van der Waals surface area contributed by atoms with Gasteiger partial charge in [-0.15, -0.1) is 11.3 Å².